The smallest absolute Gasteiger partial charge is 0.129 e. The van der Waals surface area contributed by atoms with E-state index in [0.29, 0.717) is 13.2 Å². The molecular weight excluding hydrogens is 230 g/mol. The summed E-state index contributed by atoms with van der Waals surface area (Å²) in [7, 11) is 0. The molecule has 0 amide bonds. The van der Waals surface area contributed by atoms with Gasteiger partial charge in [0.1, 0.15) is 5.41 Å². The first-order valence-electron chi connectivity index (χ1n) is 4.02. The number of hydrogen-bond donors (Lipinski definition) is 0. The molecule has 2 nitrogen and oxygen atoms in total. The first-order valence-corrected chi connectivity index (χ1v) is 4.81. The van der Waals surface area contributed by atoms with Gasteiger partial charge in [-0.15, -0.1) is 0 Å². The summed E-state index contributed by atoms with van der Waals surface area (Å²) in [6, 6.07) is 10.2. The SMILES string of the molecule is N#CC1(c2cccc(Br)c2)COC1. The van der Waals surface area contributed by atoms with Crippen molar-refractivity contribution in [1.29, 1.82) is 5.26 Å². The summed E-state index contributed by atoms with van der Waals surface area (Å²) in [4.78, 5) is 0. The van der Waals surface area contributed by atoms with Crippen LogP contribution in [0.25, 0.3) is 0 Å². The Labute approximate surface area is 85.3 Å². The molecule has 0 radical (unpaired) electrons. The second-order valence-corrected chi connectivity index (χ2v) is 4.11. The van der Waals surface area contributed by atoms with E-state index in [1.807, 2.05) is 24.3 Å². The maximum atomic E-state index is 9.04. The fraction of sp³-hybridized carbons (Fsp3) is 0.300. The van der Waals surface area contributed by atoms with Crippen molar-refractivity contribution < 1.29 is 4.74 Å². The lowest BCUT2D eigenvalue weighted by molar-refractivity contribution is -0.0298. The molecule has 0 aliphatic carbocycles. The Morgan fingerprint density at radius 2 is 2.23 bits per heavy atom. The average molecular weight is 238 g/mol. The summed E-state index contributed by atoms with van der Waals surface area (Å²) in [5.74, 6) is 0. The highest BCUT2D eigenvalue weighted by molar-refractivity contribution is 9.10. The van der Waals surface area contributed by atoms with Crippen molar-refractivity contribution in [3.63, 3.8) is 0 Å². The van der Waals surface area contributed by atoms with Crippen molar-refractivity contribution in [1.82, 2.24) is 0 Å². The summed E-state index contributed by atoms with van der Waals surface area (Å²) >= 11 is 3.39. The van der Waals surface area contributed by atoms with Gasteiger partial charge >= 0.3 is 0 Å². The van der Waals surface area contributed by atoms with Gasteiger partial charge in [0.05, 0.1) is 19.3 Å². The van der Waals surface area contributed by atoms with Crippen LogP contribution in [-0.4, -0.2) is 13.2 Å². The zero-order valence-electron chi connectivity index (χ0n) is 6.96. The molecule has 0 N–H and O–H groups in total. The van der Waals surface area contributed by atoms with Gasteiger partial charge in [-0.05, 0) is 17.7 Å². The van der Waals surface area contributed by atoms with Crippen LogP contribution in [0, 0.1) is 11.3 Å². The Kier molecular flexibility index (Phi) is 2.10. The second kappa shape index (κ2) is 3.13. The molecule has 1 aliphatic heterocycles. The van der Waals surface area contributed by atoms with E-state index < -0.39 is 5.41 Å². The molecular formula is C10H8BrNO. The molecule has 0 aromatic heterocycles. The van der Waals surface area contributed by atoms with Crippen LogP contribution in [0.4, 0.5) is 0 Å². The van der Waals surface area contributed by atoms with E-state index in [-0.39, 0.29) is 0 Å². The van der Waals surface area contributed by atoms with Crippen LogP contribution in [0.3, 0.4) is 0 Å². The largest absolute Gasteiger partial charge is 0.377 e. The number of hydrogen-bond acceptors (Lipinski definition) is 2. The summed E-state index contributed by atoms with van der Waals surface area (Å²) in [6.45, 7) is 1.03. The van der Waals surface area contributed by atoms with Gasteiger partial charge in [-0.2, -0.15) is 5.26 Å². The molecule has 1 aromatic rings. The Morgan fingerprint density at radius 1 is 1.46 bits per heavy atom. The number of rotatable bonds is 1. The summed E-state index contributed by atoms with van der Waals surface area (Å²) in [5.41, 5.74) is 0.639. The van der Waals surface area contributed by atoms with E-state index >= 15 is 0 Å². The predicted molar refractivity (Wildman–Crippen MR) is 52.3 cm³/mol. The highest BCUT2D eigenvalue weighted by Crippen LogP contribution is 2.32. The molecule has 0 spiro atoms. The number of nitriles is 1. The topological polar surface area (TPSA) is 33.0 Å². The minimum Gasteiger partial charge on any atom is -0.377 e. The Balaban J connectivity index is 2.40. The molecule has 0 saturated carbocycles. The third-order valence-electron chi connectivity index (χ3n) is 2.29. The quantitative estimate of drug-likeness (QED) is 0.751. The van der Waals surface area contributed by atoms with Crippen molar-refractivity contribution in [2.24, 2.45) is 0 Å². The fourth-order valence-electron chi connectivity index (χ4n) is 1.39. The summed E-state index contributed by atoms with van der Waals surface area (Å²) in [6.07, 6.45) is 0. The Hall–Kier alpha value is -0.850. The summed E-state index contributed by atoms with van der Waals surface area (Å²) < 4.78 is 6.09. The maximum absolute atomic E-state index is 9.04. The molecule has 0 bridgehead atoms. The molecule has 0 unspecified atom stereocenters. The van der Waals surface area contributed by atoms with Crippen LogP contribution in [-0.2, 0) is 10.2 Å². The number of nitrogens with zero attached hydrogens (tertiary/aromatic N) is 1. The molecule has 1 saturated heterocycles. The summed E-state index contributed by atoms with van der Waals surface area (Å²) in [5, 5.41) is 9.04. The van der Waals surface area contributed by atoms with E-state index in [0.717, 1.165) is 10.0 Å². The van der Waals surface area contributed by atoms with Gasteiger partial charge in [0.15, 0.2) is 0 Å². The van der Waals surface area contributed by atoms with Crippen molar-refractivity contribution in [3.05, 3.63) is 34.3 Å². The van der Waals surface area contributed by atoms with Crippen LogP contribution >= 0.6 is 15.9 Å². The standard InChI is InChI=1S/C10H8BrNO/c11-9-3-1-2-8(4-9)10(5-12)6-13-7-10/h1-4H,6-7H2. The molecule has 3 heteroatoms. The first kappa shape index (κ1) is 8.74. The Morgan fingerprint density at radius 3 is 2.69 bits per heavy atom. The zero-order chi connectivity index (χ0) is 9.31. The molecule has 1 fully saturated rings. The molecule has 2 rings (SSSR count). The van der Waals surface area contributed by atoms with Crippen LogP contribution in [0.5, 0.6) is 0 Å². The molecule has 13 heavy (non-hydrogen) atoms. The van der Waals surface area contributed by atoms with Crippen molar-refractivity contribution in [2.75, 3.05) is 13.2 Å². The fourth-order valence-corrected chi connectivity index (χ4v) is 1.79. The van der Waals surface area contributed by atoms with Crippen LogP contribution in [0.1, 0.15) is 5.56 Å². The maximum Gasteiger partial charge on any atom is 0.129 e. The third kappa shape index (κ3) is 1.37. The lowest BCUT2D eigenvalue weighted by atomic mass is 9.80. The van der Waals surface area contributed by atoms with Gasteiger partial charge in [-0.3, -0.25) is 0 Å². The van der Waals surface area contributed by atoms with E-state index in [1.54, 1.807) is 0 Å². The van der Waals surface area contributed by atoms with Crippen molar-refractivity contribution in [2.45, 2.75) is 5.41 Å². The minimum absolute atomic E-state index is 0.399. The molecule has 1 aromatic carbocycles. The lowest BCUT2D eigenvalue weighted by Crippen LogP contribution is -2.45. The second-order valence-electron chi connectivity index (χ2n) is 3.20. The minimum atomic E-state index is -0.399. The van der Waals surface area contributed by atoms with Crippen LogP contribution in [0.2, 0.25) is 0 Å². The van der Waals surface area contributed by atoms with Gasteiger partial charge in [0, 0.05) is 4.47 Å². The zero-order valence-corrected chi connectivity index (χ0v) is 8.54. The van der Waals surface area contributed by atoms with Gasteiger partial charge < -0.3 is 4.74 Å². The van der Waals surface area contributed by atoms with Gasteiger partial charge in [0.2, 0.25) is 0 Å². The number of benzene rings is 1. The van der Waals surface area contributed by atoms with E-state index in [2.05, 4.69) is 22.0 Å². The monoisotopic (exact) mass is 237 g/mol. The molecule has 1 aliphatic rings. The van der Waals surface area contributed by atoms with Gasteiger partial charge in [-0.1, -0.05) is 28.1 Å². The highest BCUT2D eigenvalue weighted by atomic mass is 79.9. The van der Waals surface area contributed by atoms with Gasteiger partial charge in [0.25, 0.3) is 0 Å². The van der Waals surface area contributed by atoms with Crippen molar-refractivity contribution in [3.8, 4) is 6.07 Å². The van der Waals surface area contributed by atoms with Gasteiger partial charge in [-0.25, -0.2) is 0 Å². The van der Waals surface area contributed by atoms with Crippen LogP contribution < -0.4 is 0 Å². The van der Waals surface area contributed by atoms with E-state index in [9.17, 15) is 0 Å². The predicted octanol–water partition coefficient (Wildman–Crippen LogP) is 2.24. The normalized spacial score (nSPS) is 18.8. The molecule has 1 heterocycles. The van der Waals surface area contributed by atoms with E-state index in [4.69, 9.17) is 10.00 Å². The third-order valence-corrected chi connectivity index (χ3v) is 2.78. The van der Waals surface area contributed by atoms with E-state index in [1.165, 1.54) is 0 Å². The highest BCUT2D eigenvalue weighted by Gasteiger charge is 2.40. The number of halogens is 1. The molecule has 0 atom stereocenters. The number of ether oxygens (including phenoxy) is 1. The Bertz CT molecular complexity index is 365. The lowest BCUT2D eigenvalue weighted by Gasteiger charge is -2.35. The van der Waals surface area contributed by atoms with Crippen LogP contribution in [0.15, 0.2) is 28.7 Å². The first-order chi connectivity index (χ1) is 6.27. The average Bonchev–Trinajstić information content (AvgIpc) is 2.03. The molecule has 66 valence electrons. The van der Waals surface area contributed by atoms with Crippen molar-refractivity contribution >= 4 is 15.9 Å².